The van der Waals surface area contributed by atoms with Gasteiger partial charge in [-0.15, -0.1) is 0 Å². The van der Waals surface area contributed by atoms with Crippen molar-refractivity contribution in [1.29, 1.82) is 0 Å². The minimum Gasteiger partial charge on any atom is -0.468 e. The summed E-state index contributed by atoms with van der Waals surface area (Å²) in [5, 5.41) is 0. The maximum Gasteiger partial charge on any atom is 0.282 e. The maximum absolute atomic E-state index is 12.9. The Morgan fingerprint density at radius 1 is 1.29 bits per heavy atom. The molecule has 0 aliphatic carbocycles. The van der Waals surface area contributed by atoms with Gasteiger partial charge in [-0.05, 0) is 37.8 Å². The summed E-state index contributed by atoms with van der Waals surface area (Å²) in [6.45, 7) is 1.58. The summed E-state index contributed by atoms with van der Waals surface area (Å²) in [7, 11) is -1.81. The first kappa shape index (κ1) is 15.0. The van der Waals surface area contributed by atoms with E-state index in [1.807, 2.05) is 6.07 Å². The Labute approximate surface area is 125 Å². The zero-order chi connectivity index (χ0) is 14.9. The lowest BCUT2D eigenvalue weighted by molar-refractivity contribution is 0.0550. The molecule has 2 atom stereocenters. The monoisotopic (exact) mass is 314 g/mol. The normalized spacial score (nSPS) is 29.0. The fraction of sp³-hybridized carbons (Fsp3) is 0.714. The second-order valence-electron chi connectivity index (χ2n) is 5.65. The minimum atomic E-state index is -3.45. The molecule has 0 saturated carbocycles. The van der Waals surface area contributed by atoms with E-state index in [4.69, 9.17) is 9.15 Å². The third-order valence-corrected chi connectivity index (χ3v) is 6.39. The Kier molecular flexibility index (Phi) is 4.35. The number of methoxy groups -OCH3 is 1. The topological polar surface area (TPSA) is 63.0 Å². The molecule has 118 valence electrons. The van der Waals surface area contributed by atoms with Crippen LogP contribution in [-0.2, 0) is 14.9 Å². The molecule has 0 aromatic carbocycles. The van der Waals surface area contributed by atoms with Crippen molar-refractivity contribution in [3.63, 3.8) is 0 Å². The van der Waals surface area contributed by atoms with Crippen molar-refractivity contribution in [1.82, 2.24) is 8.61 Å². The van der Waals surface area contributed by atoms with Gasteiger partial charge in [-0.25, -0.2) is 0 Å². The van der Waals surface area contributed by atoms with Crippen LogP contribution < -0.4 is 0 Å². The van der Waals surface area contributed by atoms with Crippen LogP contribution in [0.5, 0.6) is 0 Å². The van der Waals surface area contributed by atoms with Crippen LogP contribution in [-0.4, -0.2) is 49.9 Å². The van der Waals surface area contributed by atoms with E-state index in [1.165, 1.54) is 0 Å². The van der Waals surface area contributed by atoms with Crippen molar-refractivity contribution < 1.29 is 17.6 Å². The van der Waals surface area contributed by atoms with Crippen molar-refractivity contribution in [2.75, 3.05) is 26.7 Å². The van der Waals surface area contributed by atoms with Gasteiger partial charge in [0.1, 0.15) is 5.76 Å². The fourth-order valence-corrected chi connectivity index (χ4v) is 5.14. The second kappa shape index (κ2) is 6.08. The Hall–Kier alpha value is -0.890. The van der Waals surface area contributed by atoms with Gasteiger partial charge in [0.15, 0.2) is 0 Å². The van der Waals surface area contributed by atoms with Crippen LogP contribution in [0, 0.1) is 0 Å². The zero-order valence-corrected chi connectivity index (χ0v) is 13.1. The van der Waals surface area contributed by atoms with Crippen LogP contribution in [0.4, 0.5) is 0 Å². The van der Waals surface area contributed by atoms with Crippen molar-refractivity contribution >= 4 is 10.2 Å². The molecule has 3 heterocycles. The van der Waals surface area contributed by atoms with Crippen molar-refractivity contribution in [2.24, 2.45) is 0 Å². The number of nitrogens with zero attached hydrogens (tertiary/aromatic N) is 2. The summed E-state index contributed by atoms with van der Waals surface area (Å²) >= 11 is 0. The van der Waals surface area contributed by atoms with Crippen LogP contribution in [0.1, 0.15) is 37.5 Å². The van der Waals surface area contributed by atoms with Crippen LogP contribution in [0.15, 0.2) is 22.8 Å². The summed E-state index contributed by atoms with van der Waals surface area (Å²) in [5.41, 5.74) is 0. The maximum atomic E-state index is 12.9. The van der Waals surface area contributed by atoms with Gasteiger partial charge in [-0.1, -0.05) is 0 Å². The highest BCUT2D eigenvalue weighted by atomic mass is 32.2. The lowest BCUT2D eigenvalue weighted by Crippen LogP contribution is -2.49. The molecule has 0 bridgehead atoms. The van der Waals surface area contributed by atoms with Gasteiger partial charge in [-0.2, -0.15) is 17.0 Å². The molecule has 0 N–H and O–H groups in total. The van der Waals surface area contributed by atoms with Gasteiger partial charge in [-0.3, -0.25) is 0 Å². The van der Waals surface area contributed by atoms with E-state index in [9.17, 15) is 8.42 Å². The van der Waals surface area contributed by atoms with E-state index in [0.717, 1.165) is 31.4 Å². The molecule has 0 spiro atoms. The van der Waals surface area contributed by atoms with Gasteiger partial charge in [0.05, 0.1) is 18.4 Å². The van der Waals surface area contributed by atoms with Gasteiger partial charge < -0.3 is 9.15 Å². The standard InChI is InChI=1S/C14H22N2O4S/c1-19-12-5-2-8-15(11-12)21(17,18)16-9-3-6-13(16)14-7-4-10-20-14/h4,7,10,12-13H,2-3,5-6,8-9,11H2,1H3/t12-,13-/m1/s1. The van der Waals surface area contributed by atoms with Crippen molar-refractivity contribution in [2.45, 2.75) is 37.8 Å². The Morgan fingerprint density at radius 2 is 2.10 bits per heavy atom. The molecule has 1 aromatic heterocycles. The number of furan rings is 1. The highest BCUT2D eigenvalue weighted by Crippen LogP contribution is 2.36. The van der Waals surface area contributed by atoms with E-state index in [1.54, 1.807) is 28.0 Å². The molecule has 2 aliphatic rings. The molecule has 3 rings (SSSR count). The van der Waals surface area contributed by atoms with Crippen LogP contribution in [0.3, 0.4) is 0 Å². The number of hydrogen-bond acceptors (Lipinski definition) is 4. The highest BCUT2D eigenvalue weighted by molar-refractivity contribution is 7.86. The van der Waals surface area contributed by atoms with Gasteiger partial charge in [0.25, 0.3) is 10.2 Å². The average molecular weight is 314 g/mol. The molecule has 21 heavy (non-hydrogen) atoms. The summed E-state index contributed by atoms with van der Waals surface area (Å²) in [5.74, 6) is 0.733. The third kappa shape index (κ3) is 2.88. The molecule has 0 radical (unpaired) electrons. The number of rotatable bonds is 4. The van der Waals surface area contributed by atoms with Gasteiger partial charge in [0.2, 0.25) is 0 Å². The van der Waals surface area contributed by atoms with Crippen molar-refractivity contribution in [3.05, 3.63) is 24.2 Å². The lowest BCUT2D eigenvalue weighted by atomic mass is 10.1. The summed E-state index contributed by atoms with van der Waals surface area (Å²) in [4.78, 5) is 0. The Balaban J connectivity index is 1.80. The molecular formula is C14H22N2O4S. The smallest absolute Gasteiger partial charge is 0.282 e. The summed E-state index contributed by atoms with van der Waals surface area (Å²) in [6, 6.07) is 3.49. The van der Waals surface area contributed by atoms with E-state index < -0.39 is 10.2 Å². The second-order valence-corrected chi connectivity index (χ2v) is 7.53. The zero-order valence-electron chi connectivity index (χ0n) is 12.3. The SMILES string of the molecule is CO[C@@H]1CCCN(S(=O)(=O)N2CCC[C@@H]2c2ccco2)C1. The van der Waals surface area contributed by atoms with E-state index in [-0.39, 0.29) is 12.1 Å². The Bertz CT molecular complexity index is 558. The molecule has 2 fully saturated rings. The first-order valence-electron chi connectivity index (χ1n) is 7.46. The molecule has 2 saturated heterocycles. The van der Waals surface area contributed by atoms with E-state index >= 15 is 0 Å². The molecule has 6 nitrogen and oxygen atoms in total. The average Bonchev–Trinajstić information content (AvgIpc) is 3.17. The number of piperidine rings is 1. The lowest BCUT2D eigenvalue weighted by Gasteiger charge is -2.35. The molecule has 1 aromatic rings. The van der Waals surface area contributed by atoms with E-state index in [0.29, 0.717) is 19.6 Å². The first-order valence-corrected chi connectivity index (χ1v) is 8.85. The molecular weight excluding hydrogens is 292 g/mol. The molecule has 0 unspecified atom stereocenters. The largest absolute Gasteiger partial charge is 0.468 e. The fourth-order valence-electron chi connectivity index (χ4n) is 3.24. The quantitative estimate of drug-likeness (QED) is 0.850. The Morgan fingerprint density at radius 3 is 2.81 bits per heavy atom. The van der Waals surface area contributed by atoms with Crippen LogP contribution >= 0.6 is 0 Å². The van der Waals surface area contributed by atoms with Crippen LogP contribution in [0.2, 0.25) is 0 Å². The predicted octanol–water partition coefficient (Wildman–Crippen LogP) is 1.77. The van der Waals surface area contributed by atoms with Gasteiger partial charge in [0, 0.05) is 26.7 Å². The molecule has 2 aliphatic heterocycles. The van der Waals surface area contributed by atoms with Gasteiger partial charge >= 0.3 is 0 Å². The predicted molar refractivity (Wildman–Crippen MR) is 77.9 cm³/mol. The number of hydrogen-bond donors (Lipinski definition) is 0. The number of ether oxygens (including phenoxy) is 1. The highest BCUT2D eigenvalue weighted by Gasteiger charge is 2.41. The van der Waals surface area contributed by atoms with Crippen molar-refractivity contribution in [3.8, 4) is 0 Å². The molecule has 0 amide bonds. The van der Waals surface area contributed by atoms with E-state index in [2.05, 4.69) is 0 Å². The summed E-state index contributed by atoms with van der Waals surface area (Å²) in [6.07, 6.45) is 5.04. The molecule has 7 heteroatoms. The third-order valence-electron chi connectivity index (χ3n) is 4.37. The van der Waals surface area contributed by atoms with Crippen LogP contribution in [0.25, 0.3) is 0 Å². The first-order chi connectivity index (χ1) is 10.1. The minimum absolute atomic E-state index is 0.00168. The summed E-state index contributed by atoms with van der Waals surface area (Å²) < 4.78 is 39.7.